The van der Waals surface area contributed by atoms with Crippen molar-refractivity contribution in [3.8, 4) is 0 Å². The number of nitrogens with zero attached hydrogens (tertiary/aromatic N) is 3. The van der Waals surface area contributed by atoms with E-state index in [0.29, 0.717) is 25.6 Å². The highest BCUT2D eigenvalue weighted by molar-refractivity contribution is 14.0. The van der Waals surface area contributed by atoms with E-state index in [1.54, 1.807) is 0 Å². The molecule has 0 spiro atoms. The van der Waals surface area contributed by atoms with E-state index in [4.69, 9.17) is 4.99 Å². The standard InChI is InChI=1S/C20H32N4O2S2.HI/c1-2-21-20(22-9-11-23-12-14-28(25,26)15-13-23)24-10-8-18(16-24)17-27-19-6-4-3-5-7-19;/h3-7,18H,2,8-17H2,1H3,(H,21,22);1H. The summed E-state index contributed by atoms with van der Waals surface area (Å²) in [4.78, 5) is 10.7. The lowest BCUT2D eigenvalue weighted by molar-refractivity contribution is 0.303. The topological polar surface area (TPSA) is 65.0 Å². The van der Waals surface area contributed by atoms with Crippen LogP contribution in [0.4, 0.5) is 0 Å². The van der Waals surface area contributed by atoms with Gasteiger partial charge in [0.25, 0.3) is 0 Å². The van der Waals surface area contributed by atoms with Gasteiger partial charge in [-0.25, -0.2) is 8.42 Å². The van der Waals surface area contributed by atoms with Gasteiger partial charge in [-0.1, -0.05) is 18.2 Å². The lowest BCUT2D eigenvalue weighted by atomic mass is 10.2. The maximum atomic E-state index is 11.5. The number of sulfone groups is 1. The molecule has 1 aromatic rings. The van der Waals surface area contributed by atoms with Gasteiger partial charge in [-0.05, 0) is 31.4 Å². The van der Waals surface area contributed by atoms with E-state index in [1.807, 2.05) is 11.8 Å². The number of halogens is 1. The molecule has 0 bridgehead atoms. The zero-order valence-electron chi connectivity index (χ0n) is 17.1. The van der Waals surface area contributed by atoms with Crippen LogP contribution < -0.4 is 5.32 Å². The van der Waals surface area contributed by atoms with Gasteiger partial charge in [0.2, 0.25) is 0 Å². The predicted molar refractivity (Wildman–Crippen MR) is 133 cm³/mol. The summed E-state index contributed by atoms with van der Waals surface area (Å²) in [5, 5.41) is 3.42. The Morgan fingerprint density at radius 1 is 1.21 bits per heavy atom. The molecule has 3 rings (SSSR count). The van der Waals surface area contributed by atoms with Crippen LogP contribution in [-0.4, -0.2) is 87.2 Å². The average molecular weight is 553 g/mol. The minimum Gasteiger partial charge on any atom is -0.357 e. The van der Waals surface area contributed by atoms with Gasteiger partial charge < -0.3 is 10.2 Å². The molecule has 6 nitrogen and oxygen atoms in total. The Kier molecular flexibility index (Phi) is 10.5. The first-order valence-corrected chi connectivity index (χ1v) is 13.0. The van der Waals surface area contributed by atoms with Gasteiger partial charge in [0.05, 0.1) is 18.1 Å². The fourth-order valence-electron chi connectivity index (χ4n) is 3.59. The number of thioether (sulfide) groups is 1. The van der Waals surface area contributed by atoms with Gasteiger partial charge in [0.1, 0.15) is 0 Å². The van der Waals surface area contributed by atoms with Crippen molar-refractivity contribution in [2.24, 2.45) is 10.9 Å². The number of likely N-dealkylation sites (tertiary alicyclic amines) is 1. The van der Waals surface area contributed by atoms with Crippen molar-refractivity contribution in [2.75, 3.05) is 63.1 Å². The zero-order valence-corrected chi connectivity index (χ0v) is 21.1. The van der Waals surface area contributed by atoms with Crippen LogP contribution in [0.25, 0.3) is 0 Å². The van der Waals surface area contributed by atoms with E-state index in [2.05, 4.69) is 52.4 Å². The number of hydrogen-bond acceptors (Lipinski definition) is 5. The summed E-state index contributed by atoms with van der Waals surface area (Å²) >= 11 is 1.94. The largest absolute Gasteiger partial charge is 0.357 e. The first-order valence-electron chi connectivity index (χ1n) is 10.2. The maximum absolute atomic E-state index is 11.5. The van der Waals surface area contributed by atoms with Crippen molar-refractivity contribution in [3.05, 3.63) is 30.3 Å². The predicted octanol–water partition coefficient (Wildman–Crippen LogP) is 2.41. The number of rotatable bonds is 7. The van der Waals surface area contributed by atoms with Gasteiger partial charge in [-0.3, -0.25) is 9.89 Å². The molecule has 0 saturated carbocycles. The van der Waals surface area contributed by atoms with Crippen LogP contribution >= 0.6 is 35.7 Å². The molecule has 164 valence electrons. The van der Waals surface area contributed by atoms with E-state index in [0.717, 1.165) is 37.9 Å². The van der Waals surface area contributed by atoms with Crippen molar-refractivity contribution in [1.29, 1.82) is 0 Å². The Hall–Kier alpha value is -0.520. The average Bonchev–Trinajstić information content (AvgIpc) is 3.17. The molecule has 2 fully saturated rings. The SMILES string of the molecule is CCNC(=NCCN1CCS(=O)(=O)CC1)N1CCC(CSc2ccccc2)C1.I. The first kappa shape index (κ1) is 24.7. The van der Waals surface area contributed by atoms with Crippen molar-refractivity contribution in [3.63, 3.8) is 0 Å². The van der Waals surface area contributed by atoms with Crippen LogP contribution in [0.3, 0.4) is 0 Å². The maximum Gasteiger partial charge on any atom is 0.193 e. The molecule has 29 heavy (non-hydrogen) atoms. The second kappa shape index (κ2) is 12.4. The summed E-state index contributed by atoms with van der Waals surface area (Å²) in [6.45, 7) is 7.87. The number of nitrogens with one attached hydrogen (secondary N) is 1. The van der Waals surface area contributed by atoms with Crippen molar-refractivity contribution < 1.29 is 8.42 Å². The van der Waals surface area contributed by atoms with Crippen LogP contribution in [0.2, 0.25) is 0 Å². The van der Waals surface area contributed by atoms with E-state index in [9.17, 15) is 8.42 Å². The summed E-state index contributed by atoms with van der Waals surface area (Å²) in [7, 11) is -2.81. The van der Waals surface area contributed by atoms with Gasteiger partial charge >= 0.3 is 0 Å². The van der Waals surface area contributed by atoms with E-state index in [-0.39, 0.29) is 35.5 Å². The fourth-order valence-corrected chi connectivity index (χ4v) is 5.92. The molecular formula is C20H33IN4O2S2. The third kappa shape index (κ3) is 8.26. The van der Waals surface area contributed by atoms with Crippen LogP contribution in [0.5, 0.6) is 0 Å². The molecule has 0 aromatic heterocycles. The third-order valence-corrected chi connectivity index (χ3v) is 8.12. The quantitative estimate of drug-likeness (QED) is 0.243. The van der Waals surface area contributed by atoms with E-state index < -0.39 is 9.84 Å². The molecule has 2 saturated heterocycles. The van der Waals surface area contributed by atoms with Gasteiger partial charge in [0.15, 0.2) is 15.8 Å². The van der Waals surface area contributed by atoms with Crippen LogP contribution in [0.1, 0.15) is 13.3 Å². The number of guanidine groups is 1. The second-order valence-electron chi connectivity index (χ2n) is 7.45. The normalized spacial score (nSPS) is 22.3. The van der Waals surface area contributed by atoms with E-state index in [1.165, 1.54) is 11.3 Å². The molecule has 1 unspecified atom stereocenters. The van der Waals surface area contributed by atoms with Crippen molar-refractivity contribution >= 4 is 51.5 Å². The Labute approximate surface area is 196 Å². The summed E-state index contributed by atoms with van der Waals surface area (Å²) in [6.07, 6.45) is 1.20. The lowest BCUT2D eigenvalue weighted by Gasteiger charge is -2.26. The fraction of sp³-hybridized carbons (Fsp3) is 0.650. The molecular weight excluding hydrogens is 519 g/mol. The highest BCUT2D eigenvalue weighted by atomic mass is 127. The number of hydrogen-bond donors (Lipinski definition) is 1. The summed E-state index contributed by atoms with van der Waals surface area (Å²) in [5.41, 5.74) is 0. The highest BCUT2D eigenvalue weighted by Gasteiger charge is 2.25. The zero-order chi connectivity index (χ0) is 19.8. The minimum atomic E-state index is -2.81. The molecule has 1 aromatic carbocycles. The molecule has 0 aliphatic carbocycles. The molecule has 0 amide bonds. The van der Waals surface area contributed by atoms with Gasteiger partial charge in [-0.2, -0.15) is 0 Å². The summed E-state index contributed by atoms with van der Waals surface area (Å²) < 4.78 is 23.1. The molecule has 2 heterocycles. The smallest absolute Gasteiger partial charge is 0.193 e. The van der Waals surface area contributed by atoms with Crippen molar-refractivity contribution in [1.82, 2.24) is 15.1 Å². The first-order chi connectivity index (χ1) is 13.6. The monoisotopic (exact) mass is 552 g/mol. The van der Waals surface area contributed by atoms with E-state index >= 15 is 0 Å². The Balaban J connectivity index is 0.00000300. The molecule has 2 aliphatic rings. The minimum absolute atomic E-state index is 0. The Morgan fingerprint density at radius 2 is 1.93 bits per heavy atom. The Morgan fingerprint density at radius 3 is 2.62 bits per heavy atom. The summed E-state index contributed by atoms with van der Waals surface area (Å²) in [5.74, 6) is 3.39. The lowest BCUT2D eigenvalue weighted by Crippen LogP contribution is -2.43. The van der Waals surface area contributed by atoms with Gasteiger partial charge in [-0.15, -0.1) is 35.7 Å². The van der Waals surface area contributed by atoms with Gasteiger partial charge in [0, 0.05) is 49.9 Å². The van der Waals surface area contributed by atoms with Crippen LogP contribution in [0.15, 0.2) is 40.2 Å². The van der Waals surface area contributed by atoms with Crippen LogP contribution in [-0.2, 0) is 9.84 Å². The Bertz CT molecular complexity index is 732. The number of benzene rings is 1. The highest BCUT2D eigenvalue weighted by Crippen LogP contribution is 2.25. The molecule has 9 heteroatoms. The van der Waals surface area contributed by atoms with Crippen LogP contribution in [0, 0.1) is 5.92 Å². The molecule has 0 radical (unpaired) electrons. The summed E-state index contributed by atoms with van der Waals surface area (Å²) in [6, 6.07) is 10.6. The van der Waals surface area contributed by atoms with Crippen molar-refractivity contribution in [2.45, 2.75) is 18.2 Å². The third-order valence-electron chi connectivity index (χ3n) is 5.26. The number of aliphatic imine (C=N–C) groups is 1. The molecule has 2 aliphatic heterocycles. The molecule has 1 N–H and O–H groups in total. The molecule has 1 atom stereocenters. The second-order valence-corrected chi connectivity index (χ2v) is 10.9.